The second kappa shape index (κ2) is 8.00. The lowest BCUT2D eigenvalue weighted by Gasteiger charge is -2.10. The first kappa shape index (κ1) is 18.6. The number of aryl methyl sites for hydroxylation is 1. The number of nitro groups is 1. The normalized spacial score (nSPS) is 11.8. The van der Waals surface area contributed by atoms with Crippen molar-refractivity contribution in [2.45, 2.75) is 24.3 Å². The van der Waals surface area contributed by atoms with Gasteiger partial charge in [0, 0.05) is 23.4 Å². The molecule has 1 N–H and O–H groups in total. The van der Waals surface area contributed by atoms with Crippen LogP contribution >= 0.6 is 11.8 Å². The van der Waals surface area contributed by atoms with E-state index in [2.05, 4.69) is 15.5 Å². The monoisotopic (exact) mass is 384 g/mol. The molecule has 2 aromatic carbocycles. The highest BCUT2D eigenvalue weighted by molar-refractivity contribution is 8.00. The molecule has 3 aromatic rings. The predicted octanol–water partition coefficient (Wildman–Crippen LogP) is 4.07. The van der Waals surface area contributed by atoms with Gasteiger partial charge in [0.15, 0.2) is 0 Å². The number of carbonyl (C=O) groups excluding carboxylic acids is 1. The molecule has 8 nitrogen and oxygen atoms in total. The van der Waals surface area contributed by atoms with Crippen molar-refractivity contribution < 1.29 is 14.1 Å². The predicted molar refractivity (Wildman–Crippen MR) is 102 cm³/mol. The quantitative estimate of drug-likeness (QED) is 0.387. The van der Waals surface area contributed by atoms with Crippen LogP contribution in [0.15, 0.2) is 58.2 Å². The molecule has 27 heavy (non-hydrogen) atoms. The van der Waals surface area contributed by atoms with E-state index in [1.807, 2.05) is 31.2 Å². The van der Waals surface area contributed by atoms with Crippen LogP contribution < -0.4 is 5.32 Å². The van der Waals surface area contributed by atoms with Crippen LogP contribution in [0.1, 0.15) is 12.5 Å². The average Bonchev–Trinajstić information content (AvgIpc) is 3.12. The molecule has 0 radical (unpaired) electrons. The van der Waals surface area contributed by atoms with Gasteiger partial charge in [-0.1, -0.05) is 35.5 Å². The highest BCUT2D eigenvalue weighted by Gasteiger charge is 2.19. The molecule has 0 fully saturated rings. The fourth-order valence-corrected chi connectivity index (χ4v) is 2.90. The molecule has 1 aromatic heterocycles. The van der Waals surface area contributed by atoms with Crippen molar-refractivity contribution in [2.75, 3.05) is 5.32 Å². The maximum absolute atomic E-state index is 12.3. The van der Waals surface area contributed by atoms with Gasteiger partial charge in [-0.05, 0) is 32.0 Å². The van der Waals surface area contributed by atoms with Crippen molar-refractivity contribution in [3.8, 4) is 11.5 Å². The van der Waals surface area contributed by atoms with Crippen molar-refractivity contribution in [3.05, 3.63) is 64.2 Å². The first-order valence-electron chi connectivity index (χ1n) is 8.05. The molecular weight excluding hydrogens is 368 g/mol. The minimum absolute atomic E-state index is 0.0641. The number of nitrogens with one attached hydrogen (secondary N) is 1. The molecule has 1 amide bonds. The lowest BCUT2D eigenvalue weighted by molar-refractivity contribution is -0.384. The van der Waals surface area contributed by atoms with Gasteiger partial charge in [-0.3, -0.25) is 14.9 Å². The van der Waals surface area contributed by atoms with Crippen molar-refractivity contribution in [1.82, 2.24) is 10.2 Å². The summed E-state index contributed by atoms with van der Waals surface area (Å²) >= 11 is 1.11. The second-order valence-corrected chi connectivity index (χ2v) is 7.09. The second-order valence-electron chi connectivity index (χ2n) is 5.80. The minimum atomic E-state index is -0.493. The summed E-state index contributed by atoms with van der Waals surface area (Å²) in [5.41, 5.74) is 2.20. The topological polar surface area (TPSA) is 111 Å². The van der Waals surface area contributed by atoms with Crippen LogP contribution in [-0.2, 0) is 4.79 Å². The van der Waals surface area contributed by atoms with E-state index in [0.717, 1.165) is 17.3 Å². The largest absolute Gasteiger partial charge is 0.411 e. The molecule has 1 atom stereocenters. The summed E-state index contributed by atoms with van der Waals surface area (Å²) in [5.74, 6) is -0.0358. The van der Waals surface area contributed by atoms with Crippen molar-refractivity contribution in [3.63, 3.8) is 0 Å². The summed E-state index contributed by atoms with van der Waals surface area (Å²) in [5, 5.41) is 21.2. The fourth-order valence-electron chi connectivity index (χ4n) is 2.21. The lowest BCUT2D eigenvalue weighted by atomic mass is 10.2. The van der Waals surface area contributed by atoms with Gasteiger partial charge < -0.3 is 9.73 Å². The van der Waals surface area contributed by atoms with E-state index < -0.39 is 10.2 Å². The SMILES string of the molecule is Cc1ccc(NC(=O)[C@@H](C)Sc2nnc(-c3cccc([N+](=O)[O-])c3)o2)cc1. The van der Waals surface area contributed by atoms with Gasteiger partial charge in [0.2, 0.25) is 11.8 Å². The van der Waals surface area contributed by atoms with Crippen LogP contribution in [-0.4, -0.2) is 26.3 Å². The number of carbonyl (C=O) groups is 1. The van der Waals surface area contributed by atoms with Gasteiger partial charge in [0.05, 0.1) is 10.2 Å². The first-order chi connectivity index (χ1) is 12.9. The van der Waals surface area contributed by atoms with Gasteiger partial charge in [-0.15, -0.1) is 10.2 Å². The molecule has 0 aliphatic heterocycles. The Balaban J connectivity index is 1.66. The van der Waals surface area contributed by atoms with Crippen molar-refractivity contribution in [2.24, 2.45) is 0 Å². The summed E-state index contributed by atoms with van der Waals surface area (Å²) in [7, 11) is 0. The molecule has 0 unspecified atom stereocenters. The number of rotatable bonds is 6. The van der Waals surface area contributed by atoms with Gasteiger partial charge in [0.1, 0.15) is 0 Å². The average molecular weight is 384 g/mol. The van der Waals surface area contributed by atoms with Gasteiger partial charge in [-0.25, -0.2) is 0 Å². The Kier molecular flexibility index (Phi) is 5.51. The molecule has 138 valence electrons. The Labute approximate surface area is 159 Å². The van der Waals surface area contributed by atoms with E-state index in [4.69, 9.17) is 4.42 Å². The Hall–Kier alpha value is -3.20. The maximum Gasteiger partial charge on any atom is 0.277 e. The highest BCUT2D eigenvalue weighted by Crippen LogP contribution is 2.28. The number of anilines is 1. The number of non-ortho nitro benzene ring substituents is 1. The smallest absolute Gasteiger partial charge is 0.277 e. The minimum Gasteiger partial charge on any atom is -0.411 e. The zero-order chi connectivity index (χ0) is 19.4. The lowest BCUT2D eigenvalue weighted by Crippen LogP contribution is -2.22. The Morgan fingerprint density at radius 3 is 2.67 bits per heavy atom. The number of hydrogen-bond donors (Lipinski definition) is 1. The van der Waals surface area contributed by atoms with Gasteiger partial charge >= 0.3 is 0 Å². The molecule has 9 heteroatoms. The summed E-state index contributed by atoms with van der Waals surface area (Å²) in [4.78, 5) is 22.7. The van der Waals surface area contributed by atoms with E-state index in [0.29, 0.717) is 11.3 Å². The zero-order valence-electron chi connectivity index (χ0n) is 14.6. The molecule has 0 aliphatic carbocycles. The molecule has 0 bridgehead atoms. The summed E-state index contributed by atoms with van der Waals surface area (Å²) < 4.78 is 5.53. The summed E-state index contributed by atoms with van der Waals surface area (Å²) in [6, 6.07) is 13.4. The fraction of sp³-hybridized carbons (Fsp3) is 0.167. The Morgan fingerprint density at radius 2 is 1.96 bits per heavy atom. The van der Waals surface area contributed by atoms with Crippen LogP contribution in [0, 0.1) is 17.0 Å². The van der Waals surface area contributed by atoms with E-state index >= 15 is 0 Å². The van der Waals surface area contributed by atoms with Crippen LogP contribution in [0.2, 0.25) is 0 Å². The first-order valence-corrected chi connectivity index (χ1v) is 8.93. The number of nitrogens with zero attached hydrogens (tertiary/aromatic N) is 3. The zero-order valence-corrected chi connectivity index (χ0v) is 15.4. The third-order valence-electron chi connectivity index (χ3n) is 3.68. The van der Waals surface area contributed by atoms with Gasteiger partial charge in [-0.2, -0.15) is 0 Å². The van der Waals surface area contributed by atoms with E-state index in [-0.39, 0.29) is 22.7 Å². The summed E-state index contributed by atoms with van der Waals surface area (Å²) in [6.07, 6.45) is 0. The standard InChI is InChI=1S/C18H16N4O4S/c1-11-6-8-14(9-7-11)19-16(23)12(2)27-18-21-20-17(26-18)13-4-3-5-15(10-13)22(24)25/h3-10,12H,1-2H3,(H,19,23)/t12-/m1/s1. The Morgan fingerprint density at radius 1 is 1.22 bits per heavy atom. The van der Waals surface area contributed by atoms with E-state index in [1.54, 1.807) is 19.1 Å². The van der Waals surface area contributed by atoms with Gasteiger partial charge in [0.25, 0.3) is 10.9 Å². The maximum atomic E-state index is 12.3. The van der Waals surface area contributed by atoms with Crippen LogP contribution in [0.5, 0.6) is 0 Å². The van der Waals surface area contributed by atoms with Crippen molar-refractivity contribution in [1.29, 1.82) is 0 Å². The van der Waals surface area contributed by atoms with E-state index in [1.165, 1.54) is 12.1 Å². The third kappa shape index (κ3) is 4.70. The molecule has 0 saturated carbocycles. The molecule has 1 heterocycles. The molecule has 0 spiro atoms. The molecular formula is C18H16N4O4S. The molecule has 0 aliphatic rings. The number of hydrogen-bond acceptors (Lipinski definition) is 7. The summed E-state index contributed by atoms with van der Waals surface area (Å²) in [6.45, 7) is 3.70. The third-order valence-corrected chi connectivity index (χ3v) is 4.61. The molecule has 3 rings (SSSR count). The van der Waals surface area contributed by atoms with Crippen LogP contribution in [0.3, 0.4) is 0 Å². The van der Waals surface area contributed by atoms with Crippen LogP contribution in [0.4, 0.5) is 11.4 Å². The number of nitro benzene ring substituents is 1. The van der Waals surface area contributed by atoms with E-state index in [9.17, 15) is 14.9 Å². The highest BCUT2D eigenvalue weighted by atomic mass is 32.2. The number of amides is 1. The number of thioether (sulfide) groups is 1. The Bertz CT molecular complexity index is 972. The molecule has 0 saturated heterocycles. The van der Waals surface area contributed by atoms with Crippen molar-refractivity contribution >= 4 is 29.0 Å². The van der Waals surface area contributed by atoms with Crippen LogP contribution in [0.25, 0.3) is 11.5 Å². The number of benzene rings is 2. The number of aromatic nitrogens is 2.